The lowest BCUT2D eigenvalue weighted by atomic mass is 10.1. The third-order valence-electron chi connectivity index (χ3n) is 2.65. The smallest absolute Gasteiger partial charge is 0.406 e. The van der Waals surface area contributed by atoms with Gasteiger partial charge in [0.25, 0.3) is 0 Å². The lowest BCUT2D eigenvalue weighted by Crippen LogP contribution is -2.36. The number of ether oxygens (including phenoxy) is 1. The number of rotatable bonds is 6. The Morgan fingerprint density at radius 3 is 2.80 bits per heavy atom. The molecule has 1 aromatic rings. The van der Waals surface area contributed by atoms with Crippen molar-refractivity contribution in [2.75, 3.05) is 13.7 Å². The van der Waals surface area contributed by atoms with Gasteiger partial charge in [-0.05, 0) is 31.0 Å². The van der Waals surface area contributed by atoms with Crippen molar-refractivity contribution in [3.63, 3.8) is 0 Å². The minimum Gasteiger partial charge on any atom is -0.453 e. The number of carbonyl (C=O) groups excluding carboxylic acids is 2. The summed E-state index contributed by atoms with van der Waals surface area (Å²) in [5.41, 5.74) is 1.15. The molecule has 0 saturated heterocycles. The van der Waals surface area contributed by atoms with Crippen LogP contribution in [0.15, 0.2) is 28.7 Å². The van der Waals surface area contributed by atoms with Gasteiger partial charge in [0.1, 0.15) is 0 Å². The lowest BCUT2D eigenvalue weighted by Gasteiger charge is -2.14. The van der Waals surface area contributed by atoms with Gasteiger partial charge in [-0.15, -0.1) is 0 Å². The molecule has 20 heavy (non-hydrogen) atoms. The summed E-state index contributed by atoms with van der Waals surface area (Å²) in [6.07, 6.45) is 0.466. The van der Waals surface area contributed by atoms with Crippen molar-refractivity contribution in [2.45, 2.75) is 25.8 Å². The average Bonchev–Trinajstić information content (AvgIpc) is 2.38. The average molecular weight is 343 g/mol. The van der Waals surface area contributed by atoms with E-state index in [4.69, 9.17) is 0 Å². The molecule has 2 amide bonds. The van der Waals surface area contributed by atoms with Crippen LogP contribution in [0.5, 0.6) is 0 Å². The van der Waals surface area contributed by atoms with E-state index in [1.165, 1.54) is 7.11 Å². The molecule has 1 atom stereocenters. The maximum atomic E-state index is 11.7. The number of alkyl carbamates (subject to hydrolysis) is 1. The predicted molar refractivity (Wildman–Crippen MR) is 80.5 cm³/mol. The van der Waals surface area contributed by atoms with Gasteiger partial charge in [0.2, 0.25) is 5.91 Å². The Labute approximate surface area is 127 Å². The molecule has 0 saturated carbocycles. The van der Waals surface area contributed by atoms with E-state index in [1.807, 2.05) is 31.2 Å². The lowest BCUT2D eigenvalue weighted by molar-refractivity contribution is -0.121. The molecule has 0 spiro atoms. The van der Waals surface area contributed by atoms with Crippen molar-refractivity contribution in [3.8, 4) is 0 Å². The van der Waals surface area contributed by atoms with Crippen LogP contribution in [0.3, 0.4) is 0 Å². The molecular formula is C14H19BrN2O3. The first-order valence-electron chi connectivity index (χ1n) is 6.37. The highest BCUT2D eigenvalue weighted by Gasteiger charge is 2.09. The molecule has 0 fully saturated rings. The zero-order valence-electron chi connectivity index (χ0n) is 11.6. The number of benzene rings is 1. The monoisotopic (exact) mass is 342 g/mol. The first-order valence-corrected chi connectivity index (χ1v) is 7.16. The van der Waals surface area contributed by atoms with Crippen LogP contribution in [0, 0.1) is 0 Å². The second-order valence-electron chi connectivity index (χ2n) is 4.47. The van der Waals surface area contributed by atoms with Crippen molar-refractivity contribution < 1.29 is 14.3 Å². The number of halogens is 1. The summed E-state index contributed by atoms with van der Waals surface area (Å²) < 4.78 is 5.44. The Kier molecular flexibility index (Phi) is 7.08. The minimum atomic E-state index is -0.528. The Balaban J connectivity index is 2.29. The van der Waals surface area contributed by atoms with E-state index in [9.17, 15) is 9.59 Å². The van der Waals surface area contributed by atoms with Gasteiger partial charge in [-0.1, -0.05) is 28.1 Å². The van der Waals surface area contributed by atoms with Crippen LogP contribution < -0.4 is 10.6 Å². The first-order chi connectivity index (χ1) is 9.51. The highest BCUT2D eigenvalue weighted by Crippen LogP contribution is 2.13. The van der Waals surface area contributed by atoms with E-state index >= 15 is 0 Å². The molecule has 1 aromatic carbocycles. The third-order valence-corrected chi connectivity index (χ3v) is 3.14. The van der Waals surface area contributed by atoms with Crippen LogP contribution in [-0.4, -0.2) is 31.7 Å². The van der Waals surface area contributed by atoms with Crippen molar-refractivity contribution in [3.05, 3.63) is 34.3 Å². The number of hydrogen-bond donors (Lipinski definition) is 2. The Bertz CT molecular complexity index is 465. The van der Waals surface area contributed by atoms with E-state index in [1.54, 1.807) is 0 Å². The zero-order valence-corrected chi connectivity index (χ0v) is 13.2. The minimum absolute atomic E-state index is 0.0370. The molecule has 5 nitrogen and oxygen atoms in total. The fourth-order valence-corrected chi connectivity index (χ4v) is 2.21. The molecule has 0 aliphatic heterocycles. The Morgan fingerprint density at radius 1 is 1.40 bits per heavy atom. The van der Waals surface area contributed by atoms with Crippen LogP contribution in [0.25, 0.3) is 0 Å². The summed E-state index contributed by atoms with van der Waals surface area (Å²) in [6, 6.07) is 8.02. The molecule has 0 aliphatic rings. The van der Waals surface area contributed by atoms with Gasteiger partial charge in [0, 0.05) is 23.5 Å². The van der Waals surface area contributed by atoms with Crippen LogP contribution in [-0.2, 0) is 16.0 Å². The quantitative estimate of drug-likeness (QED) is 0.833. The molecule has 1 rings (SSSR count). The Hall–Kier alpha value is -1.56. The van der Waals surface area contributed by atoms with E-state index in [-0.39, 0.29) is 24.9 Å². The van der Waals surface area contributed by atoms with Gasteiger partial charge in [-0.2, -0.15) is 0 Å². The summed E-state index contributed by atoms with van der Waals surface area (Å²) in [4.78, 5) is 22.5. The molecule has 0 aliphatic carbocycles. The molecule has 2 N–H and O–H groups in total. The summed E-state index contributed by atoms with van der Waals surface area (Å²) in [6.45, 7) is 2.22. The summed E-state index contributed by atoms with van der Waals surface area (Å²) in [5.74, 6) is -0.0936. The maximum Gasteiger partial charge on any atom is 0.406 e. The number of nitrogens with one attached hydrogen (secondary N) is 2. The third kappa shape index (κ3) is 6.56. The van der Waals surface area contributed by atoms with Gasteiger partial charge < -0.3 is 15.4 Å². The van der Waals surface area contributed by atoms with E-state index in [2.05, 4.69) is 31.3 Å². The first kappa shape index (κ1) is 16.5. The SMILES string of the molecule is COC(=O)NCCC(=O)N[C@@H](C)Cc1cccc(Br)c1. The molecular weight excluding hydrogens is 324 g/mol. The maximum absolute atomic E-state index is 11.7. The molecule has 110 valence electrons. The Morgan fingerprint density at radius 2 is 2.15 bits per heavy atom. The van der Waals surface area contributed by atoms with Gasteiger partial charge in [0.15, 0.2) is 0 Å². The zero-order chi connectivity index (χ0) is 15.0. The van der Waals surface area contributed by atoms with Crippen LogP contribution in [0.1, 0.15) is 18.9 Å². The summed E-state index contributed by atoms with van der Waals surface area (Å²) in [7, 11) is 1.29. The van der Waals surface area contributed by atoms with Gasteiger partial charge >= 0.3 is 6.09 Å². The van der Waals surface area contributed by atoms with Gasteiger partial charge in [0.05, 0.1) is 7.11 Å². The summed E-state index contributed by atoms with van der Waals surface area (Å²) in [5, 5.41) is 5.36. The second-order valence-corrected chi connectivity index (χ2v) is 5.39. The number of methoxy groups -OCH3 is 1. The van der Waals surface area contributed by atoms with Crippen molar-refractivity contribution >= 4 is 27.9 Å². The molecule has 0 bridgehead atoms. The topological polar surface area (TPSA) is 67.4 Å². The molecule has 0 heterocycles. The normalized spacial score (nSPS) is 11.6. The van der Waals surface area contributed by atoms with Gasteiger partial charge in [-0.25, -0.2) is 4.79 Å². The largest absolute Gasteiger partial charge is 0.453 e. The van der Waals surface area contributed by atoms with Crippen molar-refractivity contribution in [1.29, 1.82) is 0 Å². The summed E-state index contributed by atoms with van der Waals surface area (Å²) >= 11 is 3.42. The van der Waals surface area contributed by atoms with Gasteiger partial charge in [-0.3, -0.25) is 4.79 Å². The predicted octanol–water partition coefficient (Wildman–Crippen LogP) is 2.24. The fourth-order valence-electron chi connectivity index (χ4n) is 1.77. The number of carbonyl (C=O) groups is 2. The molecule has 6 heteroatoms. The second kappa shape index (κ2) is 8.58. The van der Waals surface area contributed by atoms with Crippen LogP contribution in [0.4, 0.5) is 4.79 Å². The van der Waals surface area contributed by atoms with Crippen molar-refractivity contribution in [2.24, 2.45) is 0 Å². The van der Waals surface area contributed by atoms with Crippen LogP contribution >= 0.6 is 15.9 Å². The van der Waals surface area contributed by atoms with E-state index < -0.39 is 6.09 Å². The van der Waals surface area contributed by atoms with Crippen molar-refractivity contribution in [1.82, 2.24) is 10.6 Å². The highest BCUT2D eigenvalue weighted by atomic mass is 79.9. The standard InChI is InChI=1S/C14H19BrN2O3/c1-10(8-11-4-3-5-12(15)9-11)17-13(18)6-7-16-14(19)20-2/h3-5,9-10H,6-8H2,1-2H3,(H,16,19)(H,17,18)/t10-/m0/s1. The molecule has 0 radical (unpaired) electrons. The number of hydrogen-bond acceptors (Lipinski definition) is 3. The molecule has 0 aromatic heterocycles. The van der Waals surface area contributed by atoms with E-state index in [0.717, 1.165) is 16.5 Å². The highest BCUT2D eigenvalue weighted by molar-refractivity contribution is 9.10. The van der Waals surface area contributed by atoms with E-state index in [0.29, 0.717) is 0 Å². The fraction of sp³-hybridized carbons (Fsp3) is 0.429. The number of amides is 2. The van der Waals surface area contributed by atoms with Crippen LogP contribution in [0.2, 0.25) is 0 Å². The molecule has 0 unspecified atom stereocenters.